The van der Waals surface area contributed by atoms with Gasteiger partial charge in [0.25, 0.3) is 0 Å². The first-order valence-electron chi connectivity index (χ1n) is 5.86. The highest BCUT2D eigenvalue weighted by molar-refractivity contribution is 5.98. The van der Waals surface area contributed by atoms with E-state index in [4.69, 9.17) is 10.2 Å². The zero-order chi connectivity index (χ0) is 12.4. The molecule has 0 bridgehead atoms. The minimum atomic E-state index is -0.0818. The van der Waals surface area contributed by atoms with Crippen LogP contribution >= 0.6 is 0 Å². The van der Waals surface area contributed by atoms with Crippen molar-refractivity contribution in [2.45, 2.75) is 20.3 Å². The number of fused-ring (bicyclic) bond motifs is 1. The summed E-state index contributed by atoms with van der Waals surface area (Å²) in [6.07, 6.45) is 0.689. The number of aryl methyl sites for hydroxylation is 1. The number of carbonyl (C=O) groups excluding carboxylic acids is 1. The molecule has 1 aromatic heterocycles. The number of furan rings is 1. The first kappa shape index (κ1) is 11.9. The number of hydrogen-bond acceptors (Lipinski definition) is 3. The molecule has 0 fully saturated rings. The molecule has 1 atom stereocenters. The highest BCUT2D eigenvalue weighted by Gasteiger charge is 2.18. The van der Waals surface area contributed by atoms with E-state index < -0.39 is 0 Å². The van der Waals surface area contributed by atoms with Crippen molar-refractivity contribution in [2.75, 3.05) is 6.54 Å². The van der Waals surface area contributed by atoms with Gasteiger partial charge in [0.1, 0.15) is 5.58 Å². The molecule has 1 unspecified atom stereocenters. The zero-order valence-electron chi connectivity index (χ0n) is 10.2. The fraction of sp³-hybridized carbons (Fsp3) is 0.357. The zero-order valence-corrected chi connectivity index (χ0v) is 10.2. The van der Waals surface area contributed by atoms with Crippen LogP contribution < -0.4 is 5.73 Å². The average Bonchev–Trinajstić information content (AvgIpc) is 2.71. The third-order valence-electron chi connectivity index (χ3n) is 2.96. The van der Waals surface area contributed by atoms with Crippen molar-refractivity contribution >= 4 is 16.8 Å². The summed E-state index contributed by atoms with van der Waals surface area (Å²) >= 11 is 0. The Bertz CT molecular complexity index is 542. The van der Waals surface area contributed by atoms with Gasteiger partial charge in [-0.3, -0.25) is 4.79 Å². The van der Waals surface area contributed by atoms with Crippen LogP contribution in [0.25, 0.3) is 11.0 Å². The molecule has 17 heavy (non-hydrogen) atoms. The van der Waals surface area contributed by atoms with Gasteiger partial charge in [-0.25, -0.2) is 0 Å². The van der Waals surface area contributed by atoms with Crippen LogP contribution in [-0.2, 0) is 0 Å². The number of hydrogen-bond donors (Lipinski definition) is 1. The van der Waals surface area contributed by atoms with Crippen molar-refractivity contribution in [3.63, 3.8) is 0 Å². The molecule has 0 saturated carbocycles. The summed E-state index contributed by atoms with van der Waals surface area (Å²) in [4.78, 5) is 12.0. The Morgan fingerprint density at radius 1 is 1.41 bits per heavy atom. The Morgan fingerprint density at radius 2 is 2.18 bits per heavy atom. The Hall–Kier alpha value is -1.61. The van der Waals surface area contributed by atoms with Gasteiger partial charge < -0.3 is 10.2 Å². The van der Waals surface area contributed by atoms with Gasteiger partial charge in [-0.1, -0.05) is 18.6 Å². The van der Waals surface area contributed by atoms with Gasteiger partial charge >= 0.3 is 0 Å². The number of ketones is 1. The van der Waals surface area contributed by atoms with Crippen molar-refractivity contribution in [1.29, 1.82) is 0 Å². The first-order valence-corrected chi connectivity index (χ1v) is 5.86. The molecule has 1 heterocycles. The molecule has 3 nitrogen and oxygen atoms in total. The Kier molecular flexibility index (Phi) is 3.29. The monoisotopic (exact) mass is 231 g/mol. The van der Waals surface area contributed by atoms with Crippen LogP contribution in [0.1, 0.15) is 29.5 Å². The van der Waals surface area contributed by atoms with Gasteiger partial charge in [0, 0.05) is 11.3 Å². The lowest BCUT2D eigenvalue weighted by molar-refractivity contribution is 0.0899. The van der Waals surface area contributed by atoms with Crippen molar-refractivity contribution in [3.8, 4) is 0 Å². The number of carbonyl (C=O) groups is 1. The van der Waals surface area contributed by atoms with Crippen molar-refractivity contribution in [2.24, 2.45) is 11.7 Å². The molecule has 2 N–H and O–H groups in total. The fourth-order valence-electron chi connectivity index (χ4n) is 1.91. The summed E-state index contributed by atoms with van der Waals surface area (Å²) in [7, 11) is 0. The van der Waals surface area contributed by atoms with Crippen LogP contribution in [0.4, 0.5) is 0 Å². The topological polar surface area (TPSA) is 56.2 Å². The third kappa shape index (κ3) is 2.39. The highest BCUT2D eigenvalue weighted by atomic mass is 16.3. The van der Waals surface area contributed by atoms with E-state index in [9.17, 15) is 4.79 Å². The first-order chi connectivity index (χ1) is 8.11. The second-order valence-corrected chi connectivity index (χ2v) is 4.49. The highest BCUT2D eigenvalue weighted by Crippen LogP contribution is 2.23. The van der Waals surface area contributed by atoms with Gasteiger partial charge in [-0.05, 0) is 38.1 Å². The van der Waals surface area contributed by atoms with Crippen LogP contribution in [0.15, 0.2) is 28.7 Å². The quantitative estimate of drug-likeness (QED) is 0.823. The van der Waals surface area contributed by atoms with Crippen LogP contribution in [0.2, 0.25) is 0 Å². The molecule has 90 valence electrons. The van der Waals surface area contributed by atoms with Crippen LogP contribution in [0.5, 0.6) is 0 Å². The number of Topliss-reactive ketones (excluding diaryl/α,β-unsaturated/α-hetero) is 1. The molecule has 2 aromatic rings. The summed E-state index contributed by atoms with van der Waals surface area (Å²) < 4.78 is 5.56. The van der Waals surface area contributed by atoms with Crippen molar-refractivity contribution < 1.29 is 9.21 Å². The van der Waals surface area contributed by atoms with E-state index in [1.165, 1.54) is 0 Å². The van der Waals surface area contributed by atoms with E-state index in [1.807, 2.05) is 38.1 Å². The normalized spacial score (nSPS) is 12.9. The van der Waals surface area contributed by atoms with Gasteiger partial charge in [0.05, 0.1) is 0 Å². The van der Waals surface area contributed by atoms with Gasteiger partial charge in [-0.15, -0.1) is 0 Å². The van der Waals surface area contributed by atoms with Crippen LogP contribution in [0.3, 0.4) is 0 Å². The van der Waals surface area contributed by atoms with Crippen LogP contribution in [-0.4, -0.2) is 12.3 Å². The predicted molar refractivity (Wildman–Crippen MR) is 68.1 cm³/mol. The molecule has 0 amide bonds. The number of benzene rings is 1. The third-order valence-corrected chi connectivity index (χ3v) is 2.96. The second-order valence-electron chi connectivity index (χ2n) is 4.49. The second kappa shape index (κ2) is 4.72. The fourth-order valence-corrected chi connectivity index (χ4v) is 1.91. The van der Waals surface area contributed by atoms with E-state index in [1.54, 1.807) is 0 Å². The molecular weight excluding hydrogens is 214 g/mol. The van der Waals surface area contributed by atoms with E-state index in [2.05, 4.69) is 0 Å². The molecule has 2 rings (SSSR count). The lowest BCUT2D eigenvalue weighted by Gasteiger charge is -2.05. The molecule has 1 aromatic carbocycles. The van der Waals surface area contributed by atoms with Crippen molar-refractivity contribution in [1.82, 2.24) is 0 Å². The van der Waals surface area contributed by atoms with Crippen molar-refractivity contribution in [3.05, 3.63) is 35.6 Å². The standard InChI is InChI=1S/C14H17NO2/c1-9-3-4-12-11(7-9)8-13(17-12)14(16)10(2)5-6-15/h3-4,7-8,10H,5-6,15H2,1-2H3. The summed E-state index contributed by atoms with van der Waals surface area (Å²) in [5.41, 5.74) is 7.38. The minimum absolute atomic E-state index is 0.0318. The molecule has 0 aliphatic carbocycles. The van der Waals surface area contributed by atoms with Gasteiger partial charge in [0.2, 0.25) is 5.78 Å². The molecular formula is C14H17NO2. The van der Waals surface area contributed by atoms with E-state index >= 15 is 0 Å². The lowest BCUT2D eigenvalue weighted by atomic mass is 10.0. The SMILES string of the molecule is Cc1ccc2oc(C(=O)C(C)CCN)cc2c1. The van der Waals surface area contributed by atoms with Gasteiger partial charge in [0.15, 0.2) is 5.76 Å². The Balaban J connectivity index is 2.33. The maximum absolute atomic E-state index is 12.0. The maximum Gasteiger partial charge on any atom is 0.200 e. The minimum Gasteiger partial charge on any atom is -0.453 e. The lowest BCUT2D eigenvalue weighted by Crippen LogP contribution is -2.14. The molecule has 3 heteroatoms. The van der Waals surface area contributed by atoms with Crippen LogP contribution in [0, 0.1) is 12.8 Å². The maximum atomic E-state index is 12.0. The molecule has 0 radical (unpaired) electrons. The molecule has 0 aliphatic rings. The summed E-state index contributed by atoms with van der Waals surface area (Å²) in [6.45, 7) is 4.42. The van der Waals surface area contributed by atoms with E-state index in [0.717, 1.165) is 16.5 Å². The average molecular weight is 231 g/mol. The molecule has 0 saturated heterocycles. The number of rotatable bonds is 4. The number of nitrogens with two attached hydrogens (primary N) is 1. The Labute approximate surface area is 101 Å². The van der Waals surface area contributed by atoms with Gasteiger partial charge in [-0.2, -0.15) is 0 Å². The summed E-state index contributed by atoms with van der Waals surface area (Å²) in [6, 6.07) is 7.71. The van der Waals surface area contributed by atoms with E-state index in [-0.39, 0.29) is 11.7 Å². The smallest absolute Gasteiger partial charge is 0.200 e. The summed E-state index contributed by atoms with van der Waals surface area (Å²) in [5.74, 6) is 0.387. The molecule has 0 spiro atoms. The largest absolute Gasteiger partial charge is 0.453 e. The Morgan fingerprint density at radius 3 is 2.88 bits per heavy atom. The molecule has 0 aliphatic heterocycles. The van der Waals surface area contributed by atoms with E-state index in [0.29, 0.717) is 18.7 Å². The predicted octanol–water partition coefficient (Wildman–Crippen LogP) is 2.91. The summed E-state index contributed by atoms with van der Waals surface area (Å²) in [5, 5.41) is 0.980.